The molecule has 6 nitrogen and oxygen atoms in total. The maximum absolute atomic E-state index is 13.4. The van der Waals surface area contributed by atoms with Crippen molar-refractivity contribution in [3.63, 3.8) is 0 Å². The van der Waals surface area contributed by atoms with E-state index in [0.717, 1.165) is 59.4 Å². The molecule has 0 unspecified atom stereocenters. The number of rotatable bonds is 8. The van der Waals surface area contributed by atoms with Gasteiger partial charge in [-0.2, -0.15) is 0 Å². The maximum atomic E-state index is 13.4. The molecule has 0 saturated carbocycles. The Balaban J connectivity index is 1.54. The van der Waals surface area contributed by atoms with Gasteiger partial charge in [0.1, 0.15) is 6.61 Å². The zero-order valence-corrected chi connectivity index (χ0v) is 22.1. The van der Waals surface area contributed by atoms with Gasteiger partial charge in [0, 0.05) is 60.0 Å². The SMILES string of the molecule is COCCN1C2=C(C(=O)CCC2)C(c2ccc(OCc3ccc(Cl)cc3)c(OC)c2)C2=C1CCCC2=O. The van der Waals surface area contributed by atoms with Crippen LogP contribution >= 0.6 is 11.6 Å². The first-order valence-electron chi connectivity index (χ1n) is 12.9. The minimum absolute atomic E-state index is 0.126. The lowest BCUT2D eigenvalue weighted by atomic mass is 9.71. The Morgan fingerprint density at radius 3 is 2.11 bits per heavy atom. The Hall–Kier alpha value is -3.09. The van der Waals surface area contributed by atoms with Crippen LogP contribution < -0.4 is 9.47 Å². The number of allylic oxidation sites excluding steroid dienone is 4. The van der Waals surface area contributed by atoms with E-state index in [2.05, 4.69) is 4.90 Å². The molecule has 0 N–H and O–H groups in total. The molecule has 0 spiro atoms. The fourth-order valence-corrected chi connectivity index (χ4v) is 5.85. The quantitative estimate of drug-likeness (QED) is 0.425. The van der Waals surface area contributed by atoms with E-state index in [9.17, 15) is 9.59 Å². The molecule has 0 atom stereocenters. The van der Waals surface area contributed by atoms with Crippen LogP contribution in [0.15, 0.2) is 65.0 Å². The lowest BCUT2D eigenvalue weighted by Crippen LogP contribution is -2.40. The van der Waals surface area contributed by atoms with Crippen LogP contribution in [0.25, 0.3) is 0 Å². The summed E-state index contributed by atoms with van der Waals surface area (Å²) in [5.41, 5.74) is 5.49. The molecule has 0 aromatic heterocycles. The minimum Gasteiger partial charge on any atom is -0.493 e. The van der Waals surface area contributed by atoms with Crippen LogP contribution in [0, 0.1) is 0 Å². The Kier molecular flexibility index (Phi) is 7.68. The number of ketones is 2. The number of hydrogen-bond acceptors (Lipinski definition) is 6. The van der Waals surface area contributed by atoms with E-state index in [1.807, 2.05) is 42.5 Å². The average molecular weight is 522 g/mol. The highest BCUT2D eigenvalue weighted by Gasteiger charge is 2.43. The highest BCUT2D eigenvalue weighted by molar-refractivity contribution is 6.30. The largest absolute Gasteiger partial charge is 0.493 e. The van der Waals surface area contributed by atoms with Crippen LogP contribution in [0.4, 0.5) is 0 Å². The summed E-state index contributed by atoms with van der Waals surface area (Å²) in [5.74, 6) is 1.04. The molecule has 0 amide bonds. The molecule has 0 fully saturated rings. The molecular formula is C30H32ClNO5. The molecule has 194 valence electrons. The normalized spacial score (nSPS) is 18.2. The van der Waals surface area contributed by atoms with Crippen molar-refractivity contribution in [1.82, 2.24) is 4.90 Å². The van der Waals surface area contributed by atoms with Crippen LogP contribution in [-0.4, -0.2) is 43.8 Å². The first kappa shape index (κ1) is 25.6. The Bertz CT molecular complexity index is 1220. The zero-order valence-electron chi connectivity index (χ0n) is 21.3. The van der Waals surface area contributed by atoms with Gasteiger partial charge in [0.25, 0.3) is 0 Å². The first-order valence-corrected chi connectivity index (χ1v) is 13.2. The van der Waals surface area contributed by atoms with Gasteiger partial charge in [-0.1, -0.05) is 29.8 Å². The molecule has 1 aliphatic heterocycles. The van der Waals surface area contributed by atoms with Gasteiger partial charge in [0.2, 0.25) is 0 Å². The summed E-state index contributed by atoms with van der Waals surface area (Å²) in [4.78, 5) is 29.0. The number of carbonyl (C=O) groups excluding carboxylic acids is 2. The molecule has 1 heterocycles. The van der Waals surface area contributed by atoms with Crippen molar-refractivity contribution >= 4 is 23.2 Å². The zero-order chi connectivity index (χ0) is 25.9. The Morgan fingerprint density at radius 2 is 1.51 bits per heavy atom. The van der Waals surface area contributed by atoms with Gasteiger partial charge >= 0.3 is 0 Å². The second kappa shape index (κ2) is 11.1. The summed E-state index contributed by atoms with van der Waals surface area (Å²) in [6.45, 7) is 1.54. The summed E-state index contributed by atoms with van der Waals surface area (Å²) in [6.07, 6.45) is 4.31. The van der Waals surface area contributed by atoms with E-state index in [1.54, 1.807) is 14.2 Å². The number of carbonyl (C=O) groups is 2. The summed E-state index contributed by atoms with van der Waals surface area (Å²) in [5, 5.41) is 0.677. The third-order valence-corrected chi connectivity index (χ3v) is 7.69. The summed E-state index contributed by atoms with van der Waals surface area (Å²) >= 11 is 5.99. The van der Waals surface area contributed by atoms with Crippen molar-refractivity contribution < 1.29 is 23.8 Å². The van der Waals surface area contributed by atoms with E-state index in [0.29, 0.717) is 49.1 Å². The van der Waals surface area contributed by atoms with Crippen LogP contribution in [0.2, 0.25) is 5.02 Å². The number of nitrogens with zero attached hydrogens (tertiary/aromatic N) is 1. The second-order valence-electron chi connectivity index (χ2n) is 9.68. The number of Topliss-reactive ketones (excluding diaryl/α,β-unsaturated/α-hetero) is 2. The standard InChI is InChI=1S/C30H32ClNO5/c1-35-16-15-32-22-5-3-7-24(33)29(22)28(30-23(32)6-4-8-25(30)34)20-11-14-26(27(17-20)36-2)37-18-19-9-12-21(31)13-10-19/h9-14,17,28H,3-8,15-16,18H2,1-2H3. The Morgan fingerprint density at radius 1 is 0.865 bits per heavy atom. The van der Waals surface area contributed by atoms with Crippen molar-refractivity contribution in [2.75, 3.05) is 27.4 Å². The molecular weight excluding hydrogens is 490 g/mol. The van der Waals surface area contributed by atoms with E-state index in [-0.39, 0.29) is 17.5 Å². The molecule has 3 aliphatic rings. The average Bonchev–Trinajstić information content (AvgIpc) is 2.91. The van der Waals surface area contributed by atoms with Gasteiger partial charge < -0.3 is 19.1 Å². The molecule has 2 aromatic rings. The molecule has 7 heteroatoms. The van der Waals surface area contributed by atoms with E-state index in [4.69, 9.17) is 25.8 Å². The smallest absolute Gasteiger partial charge is 0.161 e. The van der Waals surface area contributed by atoms with Crippen molar-refractivity contribution in [2.24, 2.45) is 0 Å². The number of ether oxygens (including phenoxy) is 3. The van der Waals surface area contributed by atoms with E-state index >= 15 is 0 Å². The number of benzene rings is 2. The molecule has 0 bridgehead atoms. The predicted octanol–water partition coefficient (Wildman–Crippen LogP) is 5.99. The van der Waals surface area contributed by atoms with Crippen molar-refractivity contribution in [1.29, 1.82) is 0 Å². The highest BCUT2D eigenvalue weighted by Crippen LogP contribution is 2.50. The topological polar surface area (TPSA) is 65.1 Å². The van der Waals surface area contributed by atoms with E-state index in [1.165, 1.54) is 0 Å². The van der Waals surface area contributed by atoms with Crippen molar-refractivity contribution in [2.45, 2.75) is 51.0 Å². The lowest BCUT2D eigenvalue weighted by Gasteiger charge is -2.44. The minimum atomic E-state index is -0.386. The predicted molar refractivity (Wildman–Crippen MR) is 142 cm³/mol. The summed E-state index contributed by atoms with van der Waals surface area (Å²) in [7, 11) is 3.28. The molecule has 0 saturated heterocycles. The maximum Gasteiger partial charge on any atom is 0.161 e. The molecule has 2 aromatic carbocycles. The van der Waals surface area contributed by atoms with Crippen LogP contribution in [-0.2, 0) is 20.9 Å². The van der Waals surface area contributed by atoms with Crippen molar-refractivity contribution in [3.05, 3.63) is 81.2 Å². The number of halogens is 1. The third-order valence-electron chi connectivity index (χ3n) is 7.43. The molecule has 5 rings (SSSR count). The van der Waals surface area contributed by atoms with E-state index < -0.39 is 0 Å². The van der Waals surface area contributed by atoms with Crippen LogP contribution in [0.3, 0.4) is 0 Å². The third kappa shape index (κ3) is 5.05. The number of methoxy groups -OCH3 is 2. The summed E-state index contributed by atoms with van der Waals surface area (Å²) in [6, 6.07) is 13.3. The van der Waals surface area contributed by atoms with Crippen LogP contribution in [0.1, 0.15) is 55.6 Å². The molecule has 0 radical (unpaired) electrons. The van der Waals surface area contributed by atoms with Crippen molar-refractivity contribution in [3.8, 4) is 11.5 Å². The van der Waals surface area contributed by atoms with Gasteiger partial charge in [0.15, 0.2) is 23.1 Å². The van der Waals surface area contributed by atoms with Gasteiger partial charge in [0.05, 0.1) is 13.7 Å². The monoisotopic (exact) mass is 521 g/mol. The first-order chi connectivity index (χ1) is 18.0. The molecule has 37 heavy (non-hydrogen) atoms. The summed E-state index contributed by atoms with van der Waals surface area (Å²) < 4.78 is 17.2. The Labute approximate surface area is 222 Å². The fraction of sp³-hybridized carbons (Fsp3) is 0.400. The van der Waals surface area contributed by atoms with Gasteiger partial charge in [-0.05, 0) is 61.1 Å². The van der Waals surface area contributed by atoms with Crippen LogP contribution in [0.5, 0.6) is 11.5 Å². The fourth-order valence-electron chi connectivity index (χ4n) is 5.73. The van der Waals surface area contributed by atoms with Gasteiger partial charge in [-0.3, -0.25) is 9.59 Å². The van der Waals surface area contributed by atoms with Gasteiger partial charge in [-0.25, -0.2) is 0 Å². The molecule has 2 aliphatic carbocycles. The van der Waals surface area contributed by atoms with Gasteiger partial charge in [-0.15, -0.1) is 0 Å². The second-order valence-corrected chi connectivity index (χ2v) is 10.1. The highest BCUT2D eigenvalue weighted by atomic mass is 35.5. The number of hydrogen-bond donors (Lipinski definition) is 0. The lowest BCUT2D eigenvalue weighted by molar-refractivity contribution is -0.117.